The first-order chi connectivity index (χ1) is 12.5. The molecule has 0 unspecified atom stereocenters. The van der Waals surface area contributed by atoms with E-state index in [1.807, 2.05) is 25.1 Å². The van der Waals surface area contributed by atoms with Crippen LogP contribution in [-0.2, 0) is 0 Å². The summed E-state index contributed by atoms with van der Waals surface area (Å²) < 4.78 is 10.5. The number of carbonyl (C=O) groups is 1. The lowest BCUT2D eigenvalue weighted by Crippen LogP contribution is -2.11. The summed E-state index contributed by atoms with van der Waals surface area (Å²) in [5.74, 6) is 0.962. The van der Waals surface area contributed by atoms with Crippen LogP contribution in [0.3, 0.4) is 0 Å². The summed E-state index contributed by atoms with van der Waals surface area (Å²) >= 11 is 7.37. The molecule has 3 rings (SSSR count). The molecule has 5 nitrogen and oxygen atoms in total. The van der Waals surface area contributed by atoms with Crippen LogP contribution in [0.2, 0.25) is 5.02 Å². The van der Waals surface area contributed by atoms with Gasteiger partial charge in [-0.15, -0.1) is 11.3 Å². The van der Waals surface area contributed by atoms with E-state index in [-0.39, 0.29) is 5.91 Å². The van der Waals surface area contributed by atoms with Crippen molar-refractivity contribution >= 4 is 34.5 Å². The number of carbonyl (C=O) groups excluding carboxylic acids is 1. The van der Waals surface area contributed by atoms with Gasteiger partial charge in [-0.25, -0.2) is 4.98 Å². The highest BCUT2D eigenvalue weighted by Gasteiger charge is 2.17. The first-order valence-electron chi connectivity index (χ1n) is 7.78. The molecule has 0 aliphatic rings. The van der Waals surface area contributed by atoms with Crippen LogP contribution in [0.5, 0.6) is 11.5 Å². The minimum absolute atomic E-state index is 0.233. The highest BCUT2D eigenvalue weighted by Crippen LogP contribution is 2.31. The number of hydrogen-bond acceptors (Lipinski definition) is 5. The van der Waals surface area contributed by atoms with Crippen LogP contribution in [0.4, 0.5) is 5.69 Å². The molecule has 0 bridgehead atoms. The van der Waals surface area contributed by atoms with Gasteiger partial charge in [-0.05, 0) is 19.1 Å². The Morgan fingerprint density at radius 2 is 1.81 bits per heavy atom. The Bertz CT molecular complexity index is 933. The topological polar surface area (TPSA) is 60.5 Å². The van der Waals surface area contributed by atoms with E-state index in [1.165, 1.54) is 11.3 Å². The van der Waals surface area contributed by atoms with Gasteiger partial charge in [-0.3, -0.25) is 4.79 Å². The SMILES string of the molecule is COc1cc(NC(=O)c2sc(-c3cccc(Cl)c3)nc2C)cc(OC)c1. The van der Waals surface area contributed by atoms with E-state index in [2.05, 4.69) is 10.3 Å². The Balaban J connectivity index is 1.87. The number of nitrogens with zero attached hydrogens (tertiary/aromatic N) is 1. The zero-order valence-corrected chi connectivity index (χ0v) is 16.1. The quantitative estimate of drug-likeness (QED) is 0.665. The van der Waals surface area contributed by atoms with E-state index in [9.17, 15) is 4.79 Å². The van der Waals surface area contributed by atoms with Gasteiger partial charge in [0, 0.05) is 34.5 Å². The monoisotopic (exact) mass is 388 g/mol. The standard InChI is InChI=1S/C19H17ClN2O3S/c1-11-17(26-19(21-11)12-5-4-6-13(20)7-12)18(23)22-14-8-15(24-2)10-16(9-14)25-3/h4-10H,1-3H3,(H,22,23). The molecule has 0 saturated carbocycles. The minimum atomic E-state index is -0.233. The zero-order chi connectivity index (χ0) is 18.7. The number of benzene rings is 2. The Kier molecular flexibility index (Phi) is 5.44. The van der Waals surface area contributed by atoms with Gasteiger partial charge in [0.25, 0.3) is 5.91 Å². The van der Waals surface area contributed by atoms with Crippen LogP contribution in [0.1, 0.15) is 15.4 Å². The van der Waals surface area contributed by atoms with E-state index in [0.29, 0.717) is 32.8 Å². The molecule has 0 radical (unpaired) electrons. The highest BCUT2D eigenvalue weighted by atomic mass is 35.5. The van der Waals surface area contributed by atoms with Crippen LogP contribution >= 0.6 is 22.9 Å². The number of hydrogen-bond donors (Lipinski definition) is 1. The molecular formula is C19H17ClN2O3S. The Morgan fingerprint density at radius 3 is 2.42 bits per heavy atom. The van der Waals surface area contributed by atoms with Gasteiger partial charge in [0.2, 0.25) is 0 Å². The van der Waals surface area contributed by atoms with E-state index in [1.54, 1.807) is 38.5 Å². The Labute approximate surface area is 160 Å². The van der Waals surface area contributed by atoms with E-state index >= 15 is 0 Å². The van der Waals surface area contributed by atoms with Crippen LogP contribution in [0, 0.1) is 6.92 Å². The summed E-state index contributed by atoms with van der Waals surface area (Å²) in [6, 6.07) is 12.6. The number of rotatable bonds is 5. The molecular weight excluding hydrogens is 372 g/mol. The minimum Gasteiger partial charge on any atom is -0.497 e. The predicted octanol–water partition coefficient (Wildman–Crippen LogP) is 5.04. The van der Waals surface area contributed by atoms with Gasteiger partial charge in [-0.1, -0.05) is 23.7 Å². The number of aryl methyl sites for hydroxylation is 1. The van der Waals surface area contributed by atoms with Gasteiger partial charge in [-0.2, -0.15) is 0 Å². The van der Waals surface area contributed by atoms with Crippen molar-refractivity contribution in [3.8, 4) is 22.1 Å². The van der Waals surface area contributed by atoms with Crippen molar-refractivity contribution in [2.45, 2.75) is 6.92 Å². The fraction of sp³-hybridized carbons (Fsp3) is 0.158. The smallest absolute Gasteiger partial charge is 0.267 e. The number of amides is 1. The fourth-order valence-electron chi connectivity index (χ4n) is 2.42. The molecule has 134 valence electrons. The second-order valence-electron chi connectivity index (χ2n) is 5.50. The summed E-state index contributed by atoms with van der Waals surface area (Å²) in [5.41, 5.74) is 2.13. The van der Waals surface area contributed by atoms with Crippen molar-refractivity contribution in [1.29, 1.82) is 0 Å². The van der Waals surface area contributed by atoms with Crippen molar-refractivity contribution in [1.82, 2.24) is 4.98 Å². The highest BCUT2D eigenvalue weighted by molar-refractivity contribution is 7.17. The first kappa shape index (κ1) is 18.2. The lowest BCUT2D eigenvalue weighted by molar-refractivity contribution is 0.103. The maximum absolute atomic E-state index is 12.7. The molecule has 0 spiro atoms. The van der Waals surface area contributed by atoms with Gasteiger partial charge >= 0.3 is 0 Å². The van der Waals surface area contributed by atoms with E-state index < -0.39 is 0 Å². The fourth-order valence-corrected chi connectivity index (χ4v) is 3.57. The van der Waals surface area contributed by atoms with Crippen molar-refractivity contribution < 1.29 is 14.3 Å². The molecule has 0 fully saturated rings. The second kappa shape index (κ2) is 7.76. The Hall–Kier alpha value is -2.57. The first-order valence-corrected chi connectivity index (χ1v) is 8.97. The van der Waals surface area contributed by atoms with Crippen LogP contribution in [0.15, 0.2) is 42.5 Å². The van der Waals surface area contributed by atoms with Gasteiger partial charge < -0.3 is 14.8 Å². The molecule has 7 heteroatoms. The number of halogens is 1. The van der Waals surface area contributed by atoms with Crippen molar-refractivity contribution in [3.63, 3.8) is 0 Å². The third kappa shape index (κ3) is 3.98. The number of methoxy groups -OCH3 is 2. The summed E-state index contributed by atoms with van der Waals surface area (Å²) in [6.07, 6.45) is 0. The summed E-state index contributed by atoms with van der Waals surface area (Å²) in [5, 5.41) is 4.25. The number of ether oxygens (including phenoxy) is 2. The summed E-state index contributed by atoms with van der Waals surface area (Å²) in [6.45, 7) is 1.81. The maximum atomic E-state index is 12.7. The summed E-state index contributed by atoms with van der Waals surface area (Å²) in [7, 11) is 3.12. The molecule has 0 saturated heterocycles. The number of anilines is 1. The maximum Gasteiger partial charge on any atom is 0.267 e. The van der Waals surface area contributed by atoms with Gasteiger partial charge in [0.05, 0.1) is 19.9 Å². The third-order valence-corrected chi connectivity index (χ3v) is 5.12. The Morgan fingerprint density at radius 1 is 1.12 bits per heavy atom. The largest absolute Gasteiger partial charge is 0.497 e. The van der Waals surface area contributed by atoms with E-state index in [4.69, 9.17) is 21.1 Å². The number of thiazole rings is 1. The lowest BCUT2D eigenvalue weighted by Gasteiger charge is -2.09. The lowest BCUT2D eigenvalue weighted by atomic mass is 10.2. The van der Waals surface area contributed by atoms with Crippen molar-refractivity contribution in [3.05, 3.63) is 58.1 Å². The number of aromatic nitrogens is 1. The van der Waals surface area contributed by atoms with Crippen LogP contribution in [0.25, 0.3) is 10.6 Å². The molecule has 1 aromatic heterocycles. The van der Waals surface area contributed by atoms with Gasteiger partial charge in [0.1, 0.15) is 21.4 Å². The molecule has 0 atom stereocenters. The molecule has 0 aliphatic heterocycles. The zero-order valence-electron chi connectivity index (χ0n) is 14.5. The molecule has 3 aromatic rings. The van der Waals surface area contributed by atoms with Crippen molar-refractivity contribution in [2.24, 2.45) is 0 Å². The summed E-state index contributed by atoms with van der Waals surface area (Å²) in [4.78, 5) is 17.7. The van der Waals surface area contributed by atoms with E-state index in [0.717, 1.165) is 10.6 Å². The molecule has 2 aromatic carbocycles. The molecule has 1 heterocycles. The number of nitrogens with one attached hydrogen (secondary N) is 1. The molecule has 0 aliphatic carbocycles. The van der Waals surface area contributed by atoms with Crippen molar-refractivity contribution in [2.75, 3.05) is 19.5 Å². The average molecular weight is 389 g/mol. The second-order valence-corrected chi connectivity index (χ2v) is 6.93. The molecule has 1 amide bonds. The average Bonchev–Trinajstić information content (AvgIpc) is 3.03. The molecule has 26 heavy (non-hydrogen) atoms. The molecule has 1 N–H and O–H groups in total. The van der Waals surface area contributed by atoms with Gasteiger partial charge in [0.15, 0.2) is 0 Å². The third-order valence-electron chi connectivity index (χ3n) is 3.68. The van der Waals surface area contributed by atoms with Crippen LogP contribution < -0.4 is 14.8 Å². The van der Waals surface area contributed by atoms with Crippen LogP contribution in [-0.4, -0.2) is 25.1 Å². The normalized spacial score (nSPS) is 10.5. The predicted molar refractivity (Wildman–Crippen MR) is 105 cm³/mol.